The number of aromatic nitrogens is 1. The maximum atomic E-state index is 11.4. The molecule has 20 heavy (non-hydrogen) atoms. The number of pyridine rings is 1. The first-order chi connectivity index (χ1) is 9.16. The van der Waals surface area contributed by atoms with Crippen LogP contribution in [-0.4, -0.2) is 38.2 Å². The summed E-state index contributed by atoms with van der Waals surface area (Å²) in [5.41, 5.74) is 0.477. The molecule has 8 heteroatoms. The van der Waals surface area contributed by atoms with Crippen molar-refractivity contribution < 1.29 is 22.1 Å². The van der Waals surface area contributed by atoms with Crippen LogP contribution in [0.1, 0.15) is 25.6 Å². The van der Waals surface area contributed by atoms with Crippen molar-refractivity contribution in [3.63, 3.8) is 0 Å². The Balaban J connectivity index is 2.28. The Bertz CT molecular complexity index is 572. The first kappa shape index (κ1) is 15.8. The minimum atomic E-state index is -3.64. The van der Waals surface area contributed by atoms with Gasteiger partial charge in [-0.1, -0.05) is 0 Å². The molecule has 0 radical (unpaired) electrons. The van der Waals surface area contributed by atoms with Crippen LogP contribution >= 0.6 is 15.9 Å². The second-order valence-corrected chi connectivity index (χ2v) is 7.51. The van der Waals surface area contributed by atoms with Gasteiger partial charge in [-0.25, -0.2) is 0 Å². The van der Waals surface area contributed by atoms with E-state index in [1.165, 1.54) is 0 Å². The van der Waals surface area contributed by atoms with Gasteiger partial charge in [-0.3, -0.25) is 9.17 Å². The Labute approximate surface area is 126 Å². The smallest absolute Gasteiger partial charge is 0.265 e. The molecule has 112 valence electrons. The maximum absolute atomic E-state index is 11.4. The third kappa shape index (κ3) is 4.23. The zero-order valence-electron chi connectivity index (χ0n) is 11.4. The summed E-state index contributed by atoms with van der Waals surface area (Å²) in [6.45, 7) is 3.77. The fourth-order valence-electron chi connectivity index (χ4n) is 1.91. The van der Waals surface area contributed by atoms with E-state index in [0.29, 0.717) is 5.69 Å². The van der Waals surface area contributed by atoms with Gasteiger partial charge in [-0.05, 0) is 41.9 Å². The lowest BCUT2D eigenvalue weighted by Crippen LogP contribution is -2.29. The topological polar surface area (TPSA) is 74.7 Å². The van der Waals surface area contributed by atoms with Gasteiger partial charge in [-0.15, -0.1) is 0 Å². The summed E-state index contributed by atoms with van der Waals surface area (Å²) in [7, 11) is -3.64. The van der Waals surface area contributed by atoms with Gasteiger partial charge in [0.1, 0.15) is 12.2 Å². The first-order valence-corrected chi connectivity index (χ1v) is 8.59. The summed E-state index contributed by atoms with van der Waals surface area (Å²) in [6, 6.07) is 3.45. The molecule has 2 rings (SSSR count). The standard InChI is InChI=1S/C12H16BrNO5S/c1-12(2)17-7-10(18-12)11(19-20(3,15)16)9-5-4-8(13)6-14-9/h4-6,10-11H,7H2,1-3H3/t10-,11?/m1/s1. The molecular weight excluding hydrogens is 350 g/mol. The number of nitrogens with zero attached hydrogens (tertiary/aromatic N) is 1. The molecule has 0 N–H and O–H groups in total. The van der Waals surface area contributed by atoms with Gasteiger partial charge in [0, 0.05) is 10.7 Å². The Kier molecular flexibility index (Phi) is 4.50. The van der Waals surface area contributed by atoms with E-state index in [-0.39, 0.29) is 6.61 Å². The van der Waals surface area contributed by atoms with Crippen LogP contribution < -0.4 is 0 Å². The second kappa shape index (κ2) is 5.69. The van der Waals surface area contributed by atoms with Crippen molar-refractivity contribution in [3.05, 3.63) is 28.5 Å². The minimum absolute atomic E-state index is 0.241. The van der Waals surface area contributed by atoms with Crippen molar-refractivity contribution >= 4 is 26.0 Å². The second-order valence-electron chi connectivity index (χ2n) is 4.99. The fraction of sp³-hybridized carbons (Fsp3) is 0.583. The van der Waals surface area contributed by atoms with Crippen LogP contribution in [0.5, 0.6) is 0 Å². The van der Waals surface area contributed by atoms with Crippen LogP contribution in [0.4, 0.5) is 0 Å². The Morgan fingerprint density at radius 2 is 2.20 bits per heavy atom. The summed E-state index contributed by atoms with van der Waals surface area (Å²) < 4.78 is 40.0. The van der Waals surface area contributed by atoms with Gasteiger partial charge in [-0.2, -0.15) is 8.42 Å². The van der Waals surface area contributed by atoms with Crippen LogP contribution in [0.15, 0.2) is 22.8 Å². The van der Waals surface area contributed by atoms with E-state index in [1.54, 1.807) is 32.2 Å². The fourth-order valence-corrected chi connectivity index (χ4v) is 2.74. The molecule has 2 atom stereocenters. The molecule has 1 aromatic heterocycles. The van der Waals surface area contributed by atoms with Crippen molar-refractivity contribution in [3.8, 4) is 0 Å². The lowest BCUT2D eigenvalue weighted by atomic mass is 10.1. The summed E-state index contributed by atoms with van der Waals surface area (Å²) in [6.07, 6.45) is 1.21. The van der Waals surface area contributed by atoms with E-state index in [2.05, 4.69) is 20.9 Å². The zero-order valence-corrected chi connectivity index (χ0v) is 13.8. The Morgan fingerprint density at radius 3 is 2.65 bits per heavy atom. The first-order valence-electron chi connectivity index (χ1n) is 5.98. The maximum Gasteiger partial charge on any atom is 0.265 e. The summed E-state index contributed by atoms with van der Waals surface area (Å²) in [4.78, 5) is 4.18. The van der Waals surface area contributed by atoms with E-state index < -0.39 is 28.1 Å². The van der Waals surface area contributed by atoms with Crippen molar-refractivity contribution in [1.82, 2.24) is 4.98 Å². The summed E-state index contributed by atoms with van der Waals surface area (Å²) in [5, 5.41) is 0. The van der Waals surface area contributed by atoms with E-state index in [9.17, 15) is 8.42 Å². The number of halogens is 1. The predicted molar refractivity (Wildman–Crippen MR) is 75.5 cm³/mol. The summed E-state index contributed by atoms with van der Waals surface area (Å²) in [5.74, 6) is -0.765. The SMILES string of the molecule is CC1(C)OC[C@H](C(OS(C)(=O)=O)c2ccc(Br)cn2)O1. The molecule has 0 spiro atoms. The van der Waals surface area contributed by atoms with Crippen LogP contribution in [-0.2, 0) is 23.8 Å². The predicted octanol–water partition coefficient (Wildman–Crippen LogP) is 2.01. The third-order valence-corrected chi connectivity index (χ3v) is 3.71. The van der Waals surface area contributed by atoms with Gasteiger partial charge < -0.3 is 9.47 Å². The molecule has 1 aliphatic rings. The van der Waals surface area contributed by atoms with Crippen LogP contribution in [0.2, 0.25) is 0 Å². The Hall–Kier alpha value is -0.540. The van der Waals surface area contributed by atoms with E-state index in [1.807, 2.05) is 0 Å². The number of hydrogen-bond acceptors (Lipinski definition) is 6. The summed E-state index contributed by atoms with van der Waals surface area (Å²) >= 11 is 3.28. The van der Waals surface area contributed by atoms with Gasteiger partial charge in [0.2, 0.25) is 0 Å². The molecular formula is C12H16BrNO5S. The van der Waals surface area contributed by atoms with E-state index in [0.717, 1.165) is 10.7 Å². The average molecular weight is 366 g/mol. The molecule has 0 amide bonds. The molecule has 1 aliphatic heterocycles. The van der Waals surface area contributed by atoms with Crippen molar-refractivity contribution in [2.45, 2.75) is 31.8 Å². The van der Waals surface area contributed by atoms with Crippen molar-refractivity contribution in [2.75, 3.05) is 12.9 Å². The monoisotopic (exact) mass is 365 g/mol. The van der Waals surface area contributed by atoms with Gasteiger partial charge in [0.25, 0.3) is 10.1 Å². The highest BCUT2D eigenvalue weighted by Crippen LogP contribution is 2.33. The lowest BCUT2D eigenvalue weighted by Gasteiger charge is -2.23. The van der Waals surface area contributed by atoms with Gasteiger partial charge in [0.05, 0.1) is 18.6 Å². The lowest BCUT2D eigenvalue weighted by molar-refractivity contribution is -0.149. The minimum Gasteiger partial charge on any atom is -0.348 e. The van der Waals surface area contributed by atoms with Crippen LogP contribution in [0, 0.1) is 0 Å². The van der Waals surface area contributed by atoms with Gasteiger partial charge >= 0.3 is 0 Å². The number of ether oxygens (including phenoxy) is 2. The molecule has 1 saturated heterocycles. The molecule has 1 unspecified atom stereocenters. The molecule has 0 aromatic carbocycles. The normalized spacial score (nSPS) is 23.7. The molecule has 2 heterocycles. The molecule has 0 aliphatic carbocycles. The van der Waals surface area contributed by atoms with Crippen LogP contribution in [0.3, 0.4) is 0 Å². The van der Waals surface area contributed by atoms with Crippen molar-refractivity contribution in [2.24, 2.45) is 0 Å². The van der Waals surface area contributed by atoms with E-state index in [4.69, 9.17) is 13.7 Å². The molecule has 0 bridgehead atoms. The number of hydrogen-bond donors (Lipinski definition) is 0. The number of rotatable bonds is 4. The molecule has 6 nitrogen and oxygen atoms in total. The largest absolute Gasteiger partial charge is 0.348 e. The van der Waals surface area contributed by atoms with E-state index >= 15 is 0 Å². The average Bonchev–Trinajstić information content (AvgIpc) is 2.67. The van der Waals surface area contributed by atoms with Gasteiger partial charge in [0.15, 0.2) is 5.79 Å². The molecule has 0 saturated carbocycles. The Morgan fingerprint density at radius 1 is 1.50 bits per heavy atom. The highest BCUT2D eigenvalue weighted by molar-refractivity contribution is 9.10. The molecule has 1 aromatic rings. The molecule has 1 fully saturated rings. The highest BCUT2D eigenvalue weighted by Gasteiger charge is 2.40. The van der Waals surface area contributed by atoms with Crippen LogP contribution in [0.25, 0.3) is 0 Å². The zero-order chi connectivity index (χ0) is 15.0. The van der Waals surface area contributed by atoms with Crippen molar-refractivity contribution in [1.29, 1.82) is 0 Å². The highest BCUT2D eigenvalue weighted by atomic mass is 79.9. The third-order valence-electron chi connectivity index (χ3n) is 2.69. The quantitative estimate of drug-likeness (QED) is 0.759.